The lowest BCUT2D eigenvalue weighted by molar-refractivity contribution is -0.889. The van der Waals surface area contributed by atoms with Gasteiger partial charge in [-0.2, -0.15) is 0 Å². The molecule has 84 valence electrons. The average molecular weight is 213 g/mol. The Bertz CT molecular complexity index is 294. The lowest BCUT2D eigenvalue weighted by Crippen LogP contribution is -2.63. The van der Waals surface area contributed by atoms with Gasteiger partial charge in [-0.05, 0) is 6.42 Å². The Morgan fingerprint density at radius 1 is 1.67 bits per heavy atom. The molecule has 0 aliphatic carbocycles. The van der Waals surface area contributed by atoms with E-state index in [-0.39, 0.29) is 18.2 Å². The molecule has 2 saturated heterocycles. The second-order valence-electron chi connectivity index (χ2n) is 4.64. The van der Waals surface area contributed by atoms with Crippen LogP contribution >= 0.6 is 0 Å². The van der Waals surface area contributed by atoms with Crippen LogP contribution in [0.2, 0.25) is 0 Å². The van der Waals surface area contributed by atoms with Crippen molar-refractivity contribution in [2.75, 3.05) is 27.2 Å². The van der Waals surface area contributed by atoms with Crippen molar-refractivity contribution in [1.29, 1.82) is 0 Å². The SMILES string of the molecule is CN(C=O)CCC1C[N+]2(C)C(=O)CC2O1. The van der Waals surface area contributed by atoms with Crippen molar-refractivity contribution in [2.24, 2.45) is 0 Å². The van der Waals surface area contributed by atoms with Crippen LogP contribution in [0.25, 0.3) is 0 Å². The number of amides is 2. The summed E-state index contributed by atoms with van der Waals surface area (Å²) < 4.78 is 6.18. The first-order valence-corrected chi connectivity index (χ1v) is 5.26. The number of ether oxygens (including phenoxy) is 1. The molecule has 0 aromatic heterocycles. The number of β-lactam (4-membered cyclic amide) rings is 1. The van der Waals surface area contributed by atoms with Crippen LogP contribution in [-0.2, 0) is 14.3 Å². The zero-order chi connectivity index (χ0) is 11.1. The maximum Gasteiger partial charge on any atom is 0.324 e. The van der Waals surface area contributed by atoms with Gasteiger partial charge >= 0.3 is 5.91 Å². The number of fused-ring (bicyclic) bond motifs is 1. The van der Waals surface area contributed by atoms with E-state index in [1.807, 2.05) is 7.05 Å². The van der Waals surface area contributed by atoms with E-state index in [9.17, 15) is 9.59 Å². The van der Waals surface area contributed by atoms with Gasteiger partial charge in [-0.25, -0.2) is 9.28 Å². The highest BCUT2D eigenvalue weighted by atomic mass is 16.5. The highest BCUT2D eigenvalue weighted by Crippen LogP contribution is 2.36. The summed E-state index contributed by atoms with van der Waals surface area (Å²) in [5.41, 5.74) is 0. The van der Waals surface area contributed by atoms with Gasteiger partial charge in [0.15, 0.2) is 0 Å². The molecule has 0 N–H and O–H groups in total. The third-order valence-electron chi connectivity index (χ3n) is 3.47. The number of hydrogen-bond donors (Lipinski definition) is 0. The minimum atomic E-state index is 0.0732. The van der Waals surface area contributed by atoms with E-state index in [0.717, 1.165) is 19.4 Å². The number of nitrogens with zero attached hydrogens (tertiary/aromatic N) is 2. The van der Waals surface area contributed by atoms with Crippen LogP contribution in [0.5, 0.6) is 0 Å². The Morgan fingerprint density at radius 3 is 2.93 bits per heavy atom. The molecule has 2 rings (SSSR count). The fraction of sp³-hybridized carbons (Fsp3) is 0.800. The van der Waals surface area contributed by atoms with Crippen LogP contribution in [0.4, 0.5) is 0 Å². The first-order valence-electron chi connectivity index (χ1n) is 5.26. The molecule has 2 heterocycles. The van der Waals surface area contributed by atoms with Crippen LogP contribution in [-0.4, -0.2) is 61.2 Å². The molecule has 2 fully saturated rings. The molecule has 2 aliphatic heterocycles. The van der Waals surface area contributed by atoms with E-state index in [1.165, 1.54) is 0 Å². The summed E-state index contributed by atoms with van der Waals surface area (Å²) in [5, 5.41) is 0. The van der Waals surface area contributed by atoms with Gasteiger partial charge < -0.3 is 9.64 Å². The summed E-state index contributed by atoms with van der Waals surface area (Å²) >= 11 is 0. The molecule has 5 nitrogen and oxygen atoms in total. The summed E-state index contributed by atoms with van der Waals surface area (Å²) in [6, 6.07) is 0. The molecular weight excluding hydrogens is 196 g/mol. The van der Waals surface area contributed by atoms with E-state index >= 15 is 0 Å². The largest absolute Gasteiger partial charge is 0.348 e. The van der Waals surface area contributed by atoms with Crippen molar-refractivity contribution in [3.63, 3.8) is 0 Å². The van der Waals surface area contributed by atoms with Gasteiger partial charge in [-0.15, -0.1) is 0 Å². The Balaban J connectivity index is 1.83. The molecule has 5 heteroatoms. The first-order chi connectivity index (χ1) is 7.06. The number of carbonyl (C=O) groups is 2. The fourth-order valence-corrected chi connectivity index (χ4v) is 2.26. The molecule has 0 aromatic rings. The number of hydrogen-bond acceptors (Lipinski definition) is 3. The second kappa shape index (κ2) is 3.57. The van der Waals surface area contributed by atoms with Gasteiger partial charge in [0.05, 0.1) is 7.05 Å². The highest BCUT2D eigenvalue weighted by molar-refractivity contribution is 5.74. The molecule has 0 saturated carbocycles. The van der Waals surface area contributed by atoms with Crippen LogP contribution in [0, 0.1) is 0 Å². The number of rotatable bonds is 4. The third-order valence-corrected chi connectivity index (χ3v) is 3.47. The number of likely N-dealkylation sites (N-methyl/N-ethyl adjacent to an activating group) is 1. The minimum absolute atomic E-state index is 0.0732. The molecule has 2 aliphatic rings. The Morgan fingerprint density at radius 2 is 2.40 bits per heavy atom. The van der Waals surface area contributed by atoms with Crippen molar-refractivity contribution in [2.45, 2.75) is 25.2 Å². The third kappa shape index (κ3) is 1.66. The number of quaternary nitrogens is 1. The van der Waals surface area contributed by atoms with Gasteiger partial charge in [0, 0.05) is 13.6 Å². The maximum absolute atomic E-state index is 11.4. The van der Waals surface area contributed by atoms with Crippen molar-refractivity contribution in [3.05, 3.63) is 0 Å². The summed E-state index contributed by atoms with van der Waals surface area (Å²) in [5.74, 6) is 0.270. The minimum Gasteiger partial charge on any atom is -0.348 e. The van der Waals surface area contributed by atoms with Crippen molar-refractivity contribution < 1.29 is 18.8 Å². The Kier molecular flexibility index (Phi) is 2.52. The summed E-state index contributed by atoms with van der Waals surface area (Å²) in [7, 11) is 3.68. The zero-order valence-corrected chi connectivity index (χ0v) is 9.18. The molecule has 3 atom stereocenters. The smallest absolute Gasteiger partial charge is 0.324 e. The van der Waals surface area contributed by atoms with Gasteiger partial charge in [-0.1, -0.05) is 0 Å². The fourth-order valence-electron chi connectivity index (χ4n) is 2.26. The Labute approximate surface area is 89.2 Å². The first kappa shape index (κ1) is 10.6. The monoisotopic (exact) mass is 213 g/mol. The van der Waals surface area contributed by atoms with Gasteiger partial charge in [-0.3, -0.25) is 4.79 Å². The molecule has 2 amide bonds. The molecule has 0 aromatic carbocycles. The lowest BCUT2D eigenvalue weighted by atomic mass is 10.1. The van der Waals surface area contributed by atoms with Crippen molar-refractivity contribution in [1.82, 2.24) is 4.90 Å². The zero-order valence-electron chi connectivity index (χ0n) is 9.18. The second-order valence-corrected chi connectivity index (χ2v) is 4.64. The molecule has 0 bridgehead atoms. The van der Waals surface area contributed by atoms with E-state index in [2.05, 4.69) is 0 Å². The summed E-state index contributed by atoms with van der Waals surface area (Å²) in [4.78, 5) is 23.4. The quantitative estimate of drug-likeness (QED) is 0.361. The average Bonchev–Trinajstić information content (AvgIpc) is 2.48. The standard InChI is InChI=1S/C10H17N2O3/c1-11(7-13)4-3-8-6-12(2)9(14)5-10(12)15-8/h7-8,10H,3-6H2,1-2H3/q+1. The molecular formula is C10H17N2O3+. The van der Waals surface area contributed by atoms with E-state index in [4.69, 9.17) is 4.74 Å². The van der Waals surface area contributed by atoms with Crippen molar-refractivity contribution in [3.8, 4) is 0 Å². The van der Waals surface area contributed by atoms with E-state index in [0.29, 0.717) is 17.4 Å². The van der Waals surface area contributed by atoms with Crippen LogP contribution in [0.3, 0.4) is 0 Å². The van der Waals surface area contributed by atoms with Gasteiger partial charge in [0.1, 0.15) is 19.1 Å². The normalized spacial score (nSPS) is 38.4. The van der Waals surface area contributed by atoms with Gasteiger partial charge in [0.25, 0.3) is 0 Å². The summed E-state index contributed by atoms with van der Waals surface area (Å²) in [6.45, 7) is 1.45. The number of carbonyl (C=O) groups excluding carboxylic acids is 2. The molecule has 0 spiro atoms. The molecule has 3 unspecified atom stereocenters. The summed E-state index contributed by atoms with van der Waals surface area (Å²) in [6.07, 6.45) is 2.37. The predicted molar refractivity (Wildman–Crippen MR) is 52.6 cm³/mol. The van der Waals surface area contributed by atoms with E-state index in [1.54, 1.807) is 11.9 Å². The van der Waals surface area contributed by atoms with Crippen LogP contribution < -0.4 is 0 Å². The van der Waals surface area contributed by atoms with Crippen LogP contribution in [0.1, 0.15) is 12.8 Å². The van der Waals surface area contributed by atoms with Gasteiger partial charge in [0.2, 0.25) is 12.6 Å². The highest BCUT2D eigenvalue weighted by Gasteiger charge is 2.59. The topological polar surface area (TPSA) is 46.6 Å². The molecule has 0 radical (unpaired) electrons. The van der Waals surface area contributed by atoms with Crippen molar-refractivity contribution >= 4 is 12.3 Å². The van der Waals surface area contributed by atoms with Crippen LogP contribution in [0.15, 0.2) is 0 Å². The predicted octanol–water partition coefficient (Wildman–Crippen LogP) is -0.433. The lowest BCUT2D eigenvalue weighted by Gasteiger charge is -2.38. The Hall–Kier alpha value is -0.940. The molecule has 15 heavy (non-hydrogen) atoms. The maximum atomic E-state index is 11.4. The van der Waals surface area contributed by atoms with E-state index < -0.39 is 0 Å².